The van der Waals surface area contributed by atoms with Crippen LogP contribution in [-0.2, 0) is 52.5 Å². The van der Waals surface area contributed by atoms with E-state index in [4.69, 9.17) is 33.9 Å². The standard InChI is InChI=1S/C69H53N5O10S4/c1-80-52-34-32-44(33-35-52)39-81-66(78)62-45(40-85-59-37-55(75)53-36-56-57(83-43-82-56)38-58(53)87-59)42-88(79)65-61(64(77)74(62)65)71-63(76)60(73-84-69(49-26-14-5-15-27-49,50-28-16-6-17-29-50)51-30-18-7-19-31-51)54-41-86-67(70-54)72-68(46-20-8-2-9-21-46,47-22-10-3-11-23-47)48-24-12-4-13-25-48/h2-38,41,61,65H,39-40,42-43H2,1H3,(H,70,72)(H,71,76)/b73-60-/t61?,65-,88?/m1/s1. The predicted octanol–water partition coefficient (Wildman–Crippen LogP) is 11.8. The molecule has 1 fully saturated rings. The van der Waals surface area contributed by atoms with Gasteiger partial charge >= 0.3 is 5.97 Å². The fourth-order valence-corrected chi connectivity index (χ4v) is 16.0. The molecule has 5 heterocycles. The van der Waals surface area contributed by atoms with E-state index in [1.165, 1.54) is 45.4 Å². The van der Waals surface area contributed by atoms with E-state index in [-0.39, 0.29) is 47.4 Å². The van der Waals surface area contributed by atoms with Crippen LogP contribution in [0.3, 0.4) is 0 Å². The van der Waals surface area contributed by atoms with E-state index in [9.17, 15) is 18.6 Å². The first-order chi connectivity index (χ1) is 43.1. The fraction of sp³-hybridized carbons (Fsp3) is 0.130. The number of nitrogens with zero attached hydrogens (tertiary/aromatic N) is 3. The van der Waals surface area contributed by atoms with E-state index in [0.29, 0.717) is 64.5 Å². The highest BCUT2D eigenvalue weighted by molar-refractivity contribution is 8.01. The van der Waals surface area contributed by atoms with Crippen LogP contribution in [0.2, 0.25) is 0 Å². The summed E-state index contributed by atoms with van der Waals surface area (Å²) < 4.78 is 38.5. The molecule has 438 valence electrons. The molecule has 10 aromatic rings. The normalized spacial score (nSPS) is 16.3. The number of amides is 2. The van der Waals surface area contributed by atoms with Crippen molar-refractivity contribution < 1.29 is 42.4 Å². The molecule has 2 amide bonds. The van der Waals surface area contributed by atoms with Crippen molar-refractivity contribution in [1.29, 1.82) is 0 Å². The van der Waals surface area contributed by atoms with E-state index >= 15 is 4.79 Å². The molecule has 2 N–H and O–H groups in total. The molecular weight excluding hydrogens is 1190 g/mol. The predicted molar refractivity (Wildman–Crippen MR) is 342 cm³/mol. The van der Waals surface area contributed by atoms with Gasteiger partial charge in [0.15, 0.2) is 27.8 Å². The number of ether oxygens (including phenoxy) is 4. The Bertz CT molecular complexity index is 4170. The Hall–Kier alpha value is -9.66. The third kappa shape index (κ3) is 11.0. The number of thiazole rings is 1. The zero-order valence-electron chi connectivity index (χ0n) is 47.0. The zero-order chi connectivity index (χ0) is 60.2. The van der Waals surface area contributed by atoms with Crippen LogP contribution >= 0.6 is 34.4 Å². The molecule has 8 aromatic carbocycles. The van der Waals surface area contributed by atoms with Gasteiger partial charge < -0.3 is 34.4 Å². The lowest BCUT2D eigenvalue weighted by Gasteiger charge is -2.49. The molecule has 13 rings (SSSR count). The lowest BCUT2D eigenvalue weighted by molar-refractivity contribution is -0.153. The maximum atomic E-state index is 15.6. The molecule has 0 saturated carbocycles. The number of hydrogen-bond donors (Lipinski definition) is 2. The van der Waals surface area contributed by atoms with E-state index in [0.717, 1.165) is 16.7 Å². The van der Waals surface area contributed by atoms with E-state index in [1.54, 1.807) is 48.9 Å². The van der Waals surface area contributed by atoms with Crippen LogP contribution in [-0.4, -0.2) is 74.4 Å². The number of β-lactam (4-membered cyclic amide) rings is 1. The lowest BCUT2D eigenvalue weighted by Crippen LogP contribution is -2.74. The van der Waals surface area contributed by atoms with Gasteiger partial charge in [0.25, 0.3) is 11.8 Å². The SMILES string of the molecule is COc1ccc(COC(=O)C2=C(CSc3cc(=O)c4cc5c(cc4s3)OCO5)CS(=O)[C@@H]3C(NC(=O)/C(=N\OC(c4ccccc4)(c4ccccc4)c4ccccc4)c4csc(NC(c5ccccc5)(c5ccccc5)c5ccccc5)n4)C(=O)N23)cc1. The van der Waals surface area contributed by atoms with Crippen molar-refractivity contribution in [2.24, 2.45) is 5.16 Å². The van der Waals surface area contributed by atoms with Crippen molar-refractivity contribution in [3.05, 3.63) is 296 Å². The number of esters is 1. The lowest BCUT2D eigenvalue weighted by atomic mass is 9.77. The number of oxime groups is 1. The van der Waals surface area contributed by atoms with Crippen molar-refractivity contribution in [1.82, 2.24) is 15.2 Å². The second-order valence-corrected chi connectivity index (χ2v) is 25.4. The zero-order valence-corrected chi connectivity index (χ0v) is 50.2. The quantitative estimate of drug-likeness (QED) is 0.0184. The van der Waals surface area contributed by atoms with E-state index < -0.39 is 51.1 Å². The van der Waals surface area contributed by atoms with Crippen molar-refractivity contribution in [3.8, 4) is 17.2 Å². The molecule has 0 spiro atoms. The van der Waals surface area contributed by atoms with Gasteiger partial charge in [-0.15, -0.1) is 34.4 Å². The molecule has 2 aromatic heterocycles. The summed E-state index contributed by atoms with van der Waals surface area (Å²) in [6, 6.07) is 69.2. The number of nitrogens with one attached hydrogen (secondary N) is 2. The van der Waals surface area contributed by atoms with Gasteiger partial charge in [-0.05, 0) is 46.0 Å². The Morgan fingerprint density at radius 2 is 1.25 bits per heavy atom. The maximum Gasteiger partial charge on any atom is 0.355 e. The molecule has 0 aliphatic carbocycles. The number of carbonyl (C=O) groups is 3. The number of aromatic nitrogens is 1. The van der Waals surface area contributed by atoms with Crippen molar-refractivity contribution in [3.63, 3.8) is 0 Å². The molecule has 0 radical (unpaired) electrons. The average Bonchev–Trinajstić information content (AvgIpc) is 0.917. The van der Waals surface area contributed by atoms with Crippen LogP contribution in [0.5, 0.6) is 17.2 Å². The van der Waals surface area contributed by atoms with E-state index in [1.807, 2.05) is 146 Å². The summed E-state index contributed by atoms with van der Waals surface area (Å²) in [5.74, 6) is -0.874. The summed E-state index contributed by atoms with van der Waals surface area (Å²) in [5.41, 5.74) is 2.91. The van der Waals surface area contributed by atoms with Gasteiger partial charge in [-0.3, -0.25) is 23.5 Å². The van der Waals surface area contributed by atoms with Crippen LogP contribution in [0.25, 0.3) is 10.1 Å². The molecule has 88 heavy (non-hydrogen) atoms. The van der Waals surface area contributed by atoms with Crippen LogP contribution in [0.15, 0.2) is 255 Å². The Kier molecular flexibility index (Phi) is 16.3. The monoisotopic (exact) mass is 1240 g/mol. The van der Waals surface area contributed by atoms with Gasteiger partial charge in [0, 0.05) is 50.0 Å². The molecule has 15 nitrogen and oxygen atoms in total. The minimum atomic E-state index is -1.89. The maximum absolute atomic E-state index is 15.6. The number of methoxy groups -OCH3 is 1. The highest BCUT2D eigenvalue weighted by atomic mass is 32.2. The summed E-state index contributed by atoms with van der Waals surface area (Å²) in [4.78, 5) is 72.0. The molecule has 3 atom stereocenters. The smallest absolute Gasteiger partial charge is 0.355 e. The first-order valence-corrected chi connectivity index (χ1v) is 32.0. The number of carbonyl (C=O) groups excluding carboxylic acids is 3. The Morgan fingerprint density at radius 1 is 0.716 bits per heavy atom. The third-order valence-corrected chi connectivity index (χ3v) is 20.3. The molecule has 0 bridgehead atoms. The summed E-state index contributed by atoms with van der Waals surface area (Å²) in [6.07, 6.45) is 0. The van der Waals surface area contributed by atoms with Crippen LogP contribution < -0.4 is 30.3 Å². The second-order valence-electron chi connectivity index (χ2n) is 20.7. The van der Waals surface area contributed by atoms with Crippen molar-refractivity contribution >= 4 is 83.9 Å². The van der Waals surface area contributed by atoms with Crippen molar-refractivity contribution in [2.45, 2.75) is 33.4 Å². The minimum absolute atomic E-state index is 0.0448. The second kappa shape index (κ2) is 25.0. The number of hydrogen-bond acceptors (Lipinski definition) is 16. The molecule has 3 aliphatic heterocycles. The van der Waals surface area contributed by atoms with Gasteiger partial charge in [0.2, 0.25) is 12.4 Å². The van der Waals surface area contributed by atoms with Gasteiger partial charge in [-0.2, -0.15) is 0 Å². The number of fused-ring (bicyclic) bond motifs is 3. The van der Waals surface area contributed by atoms with Crippen LogP contribution in [0, 0.1) is 0 Å². The third-order valence-electron chi connectivity index (χ3n) is 15.5. The van der Waals surface area contributed by atoms with Crippen molar-refractivity contribution in [2.75, 3.05) is 30.7 Å². The van der Waals surface area contributed by atoms with Gasteiger partial charge in [-0.25, -0.2) is 9.78 Å². The number of rotatable bonds is 20. The molecule has 2 unspecified atom stereocenters. The fourth-order valence-electron chi connectivity index (χ4n) is 11.2. The Labute approximate surface area is 520 Å². The number of benzene rings is 8. The minimum Gasteiger partial charge on any atom is -0.497 e. The molecule has 3 aliphatic rings. The average molecular weight is 1240 g/mol. The largest absolute Gasteiger partial charge is 0.497 e. The summed E-state index contributed by atoms with van der Waals surface area (Å²) in [7, 11) is -0.339. The van der Waals surface area contributed by atoms with E-state index in [2.05, 4.69) is 47.0 Å². The van der Waals surface area contributed by atoms with Gasteiger partial charge in [0.05, 0.1) is 27.9 Å². The number of anilines is 1. The van der Waals surface area contributed by atoms with Gasteiger partial charge in [-0.1, -0.05) is 199 Å². The first kappa shape index (κ1) is 57.4. The van der Waals surface area contributed by atoms with Gasteiger partial charge in [0.1, 0.15) is 40.7 Å². The Balaban J connectivity index is 0.876. The first-order valence-electron chi connectivity index (χ1n) is 28.0. The summed E-state index contributed by atoms with van der Waals surface area (Å²) >= 11 is 3.86. The Morgan fingerprint density at radius 3 is 1.80 bits per heavy atom. The highest BCUT2D eigenvalue weighted by Gasteiger charge is 2.58. The topological polar surface area (TPSA) is 184 Å². The molecular formula is C69H53N5O10S4. The molecule has 19 heteroatoms. The van der Waals surface area contributed by atoms with Crippen LogP contribution in [0.1, 0.15) is 44.6 Å². The number of thioether (sulfide) groups is 1. The summed E-state index contributed by atoms with van der Waals surface area (Å²) in [6.45, 7) is -0.113. The molecule has 1 saturated heterocycles. The van der Waals surface area contributed by atoms with Crippen LogP contribution in [0.4, 0.5) is 5.13 Å². The summed E-state index contributed by atoms with van der Waals surface area (Å²) in [5, 5.41) is 12.9. The highest BCUT2D eigenvalue weighted by Crippen LogP contribution is 2.45.